The first-order chi connectivity index (χ1) is 58.8. The van der Waals surface area contributed by atoms with Gasteiger partial charge in [-0.15, -0.1) is 15.3 Å². The number of ether oxygens (including phenoxy) is 27. The molecule has 0 radical (unpaired) electrons. The van der Waals surface area contributed by atoms with Crippen LogP contribution in [-0.4, -0.2) is 384 Å². The summed E-state index contributed by atoms with van der Waals surface area (Å²) in [5.74, 6) is -3.47. The Labute approximate surface area is 715 Å². The van der Waals surface area contributed by atoms with E-state index in [1.54, 1.807) is 74.2 Å². The molecule has 4 amide bonds. The lowest BCUT2D eigenvalue weighted by Gasteiger charge is -2.46. The van der Waals surface area contributed by atoms with Gasteiger partial charge in [-0.25, -0.2) is 18.8 Å². The number of rotatable bonds is 58. The van der Waals surface area contributed by atoms with Crippen LogP contribution in [0.25, 0.3) is 0 Å². The van der Waals surface area contributed by atoms with Crippen molar-refractivity contribution in [3.8, 4) is 0 Å². The van der Waals surface area contributed by atoms with Crippen molar-refractivity contribution >= 4 is 23.8 Å². The lowest BCUT2D eigenvalue weighted by Crippen LogP contribution is -2.67. The molecule has 5 N–H and O–H groups in total. The minimum atomic E-state index is -1.37. The predicted octanol–water partition coefficient (Wildman–Crippen LogP) is -0.694. The minimum absolute atomic E-state index is 0.00534. The number of aliphatic hydroxyl groups excluding tert-OH is 1. The maximum Gasteiger partial charge on any atom is 0.408 e. The number of hydrogen-bond donors (Lipinski definition) is 5. The molecule has 0 unspecified atom stereocenters. The first kappa shape index (κ1) is 97.6. The summed E-state index contributed by atoms with van der Waals surface area (Å²) in [6.07, 6.45) is -1.45. The van der Waals surface area contributed by atoms with Crippen molar-refractivity contribution in [1.29, 1.82) is 0 Å². The van der Waals surface area contributed by atoms with Gasteiger partial charge in [-0.1, -0.05) is 15.6 Å². The van der Waals surface area contributed by atoms with E-state index in [4.69, 9.17) is 128 Å². The fraction of sp³-hybridized carbons (Fsp3) is 0.872. The highest BCUT2D eigenvalue weighted by atomic mass is 16.8. The molecule has 698 valence electrons. The standard InChI is InChI=1S/C78H129N13O32/c1-52(92)79-58-61-64(117-72(7,8)114-61)75(13,120-67(58)95)44-106-35-32-103-29-26-100-23-20-97-17-14-89-38-55(83-86-89)41-109-45-76(82-70(96)123-71(4,5)6,46-110-42-56-39-90(87-84-56)15-18-98-21-24-101-27-30-104-33-36-107-48-77-50-112-68(121-77)59(80-53(2)93)62-65(77)118-73(9,10)115-62)47-111-43-57-40-91(88-85-57)16-19-99-22-25-102-28-31-105-34-37-108-49-78-51-113-69(122-78)60(81-54(3)94)63-66(78)119-74(11,12)116-63/h38-40,58-69,95H,14-37,41-51H2,1-13H3,(H,79,92)(H,80,93)(H,81,94)(H,82,96)/t58-,59-,60-,61-,62-,63-,64-,65-,66-,67+,68+,69+,75-,77+,78+/m1/s1. The first-order valence-corrected chi connectivity index (χ1v) is 42.0. The molecule has 45 nitrogen and oxygen atoms in total. The number of fused-ring (bicyclic) bond motifs is 9. The first-order valence-electron chi connectivity index (χ1n) is 42.0. The van der Waals surface area contributed by atoms with Crippen LogP contribution in [-0.2, 0) is 182 Å². The molecule has 4 bridgehead atoms. The highest BCUT2D eigenvalue weighted by Crippen LogP contribution is 2.49. The van der Waals surface area contributed by atoms with Crippen LogP contribution in [0.1, 0.15) is 107 Å². The number of nitrogens with zero attached hydrogens (tertiary/aromatic N) is 9. The second kappa shape index (κ2) is 45.8. The molecule has 11 rings (SSSR count). The second-order valence-electron chi connectivity index (χ2n) is 33.8. The molecule has 0 aromatic carbocycles. The van der Waals surface area contributed by atoms with Crippen LogP contribution in [0.2, 0.25) is 0 Å². The molecular formula is C78H129N13O32. The van der Waals surface area contributed by atoms with Gasteiger partial charge >= 0.3 is 6.09 Å². The third kappa shape index (κ3) is 29.5. The van der Waals surface area contributed by atoms with E-state index in [2.05, 4.69) is 52.2 Å². The minimum Gasteiger partial charge on any atom is -0.444 e. The monoisotopic (exact) mass is 1760 g/mol. The molecule has 8 saturated heterocycles. The molecular weight excluding hydrogens is 1630 g/mol. The Kier molecular flexibility index (Phi) is 36.4. The zero-order chi connectivity index (χ0) is 87.7. The largest absolute Gasteiger partial charge is 0.444 e. The Balaban J connectivity index is 0.574. The Hall–Kier alpha value is -5.98. The summed E-state index contributed by atoms with van der Waals surface area (Å²) in [6, 6.07) is -1.85. The van der Waals surface area contributed by atoms with E-state index >= 15 is 0 Å². The molecule has 8 aliphatic heterocycles. The molecule has 3 aromatic rings. The maximum absolute atomic E-state index is 13.8. The fourth-order valence-corrected chi connectivity index (χ4v) is 15.2. The summed E-state index contributed by atoms with van der Waals surface area (Å²) in [5, 5.41) is 48.0. The van der Waals surface area contributed by atoms with E-state index in [-0.39, 0.29) is 104 Å². The molecule has 45 heteroatoms. The smallest absolute Gasteiger partial charge is 0.408 e. The van der Waals surface area contributed by atoms with Crippen LogP contribution in [0.15, 0.2) is 18.6 Å². The predicted molar refractivity (Wildman–Crippen MR) is 418 cm³/mol. The molecule has 0 spiro atoms. The number of hydrogen-bond acceptors (Lipinski definition) is 38. The molecule has 11 heterocycles. The van der Waals surface area contributed by atoms with Gasteiger partial charge in [0.2, 0.25) is 17.7 Å². The quantitative estimate of drug-likeness (QED) is 0.0437. The van der Waals surface area contributed by atoms with Crippen LogP contribution < -0.4 is 21.3 Å². The molecule has 0 saturated carbocycles. The number of alkyl carbamates (subject to hydrolysis) is 1. The summed E-state index contributed by atoms with van der Waals surface area (Å²) in [6.45, 7) is 30.5. The Bertz CT molecular complexity index is 3550. The van der Waals surface area contributed by atoms with Gasteiger partial charge < -0.3 is 154 Å². The Morgan fingerprint density at radius 1 is 0.407 bits per heavy atom. The molecule has 3 aromatic heterocycles. The van der Waals surface area contributed by atoms with Crippen LogP contribution >= 0.6 is 0 Å². The molecule has 15 atom stereocenters. The summed E-state index contributed by atoms with van der Waals surface area (Å²) < 4.78 is 167. The highest BCUT2D eigenvalue weighted by molar-refractivity contribution is 5.74. The third-order valence-corrected chi connectivity index (χ3v) is 20.4. The van der Waals surface area contributed by atoms with E-state index in [0.29, 0.717) is 162 Å². The summed E-state index contributed by atoms with van der Waals surface area (Å²) >= 11 is 0. The number of nitrogens with one attached hydrogen (secondary N) is 4. The third-order valence-electron chi connectivity index (χ3n) is 20.4. The van der Waals surface area contributed by atoms with Crippen LogP contribution in [0.4, 0.5) is 4.79 Å². The lowest BCUT2D eigenvalue weighted by molar-refractivity contribution is -0.279. The number of aromatic nitrogens is 9. The number of carbonyl (C=O) groups excluding carboxylic acids is 4. The number of carbonyl (C=O) groups is 4. The van der Waals surface area contributed by atoms with E-state index < -0.39 is 125 Å². The lowest BCUT2D eigenvalue weighted by atomic mass is 9.87. The number of amides is 4. The van der Waals surface area contributed by atoms with Crippen molar-refractivity contribution < 1.29 is 152 Å². The SMILES string of the molecule is CC(=O)N[C@@H]1[C@H]2OC(C)(C)O[C@H]2[C@@](C)(COCCOCCOCCOCCn2cc(COCC(COCc3cn(CCOCCOCCOCCOC[C@@]45CO[C@@H](O4)[C@H](NC(C)=O)[C@H]4OC(C)(C)O[C@H]45)nn3)(COCc3cn(CCOCCOCCOCCOC[C@@]45CO[C@@H](O4)[C@H](NC(C)=O)[C@H]4OC(C)(C)O[C@H]45)nn3)NC(=O)OC(C)(C)C)nn2)O[C@@H]1O. The van der Waals surface area contributed by atoms with Gasteiger partial charge in [-0.05, 0) is 69.2 Å². The average Bonchev–Trinajstić information content (AvgIpc) is 1.59. The van der Waals surface area contributed by atoms with Gasteiger partial charge in [0.25, 0.3) is 0 Å². The van der Waals surface area contributed by atoms with Gasteiger partial charge in [0.15, 0.2) is 36.2 Å². The van der Waals surface area contributed by atoms with Gasteiger partial charge in [0.1, 0.15) is 99.8 Å². The average molecular weight is 1760 g/mol. The van der Waals surface area contributed by atoms with Crippen molar-refractivity contribution in [3.63, 3.8) is 0 Å². The topological polar surface area (TPSA) is 478 Å². The molecule has 8 fully saturated rings. The van der Waals surface area contributed by atoms with Crippen LogP contribution in [0.5, 0.6) is 0 Å². The molecule has 123 heavy (non-hydrogen) atoms. The van der Waals surface area contributed by atoms with Gasteiger partial charge in [0.05, 0.1) is 250 Å². The van der Waals surface area contributed by atoms with Gasteiger partial charge in [-0.3, -0.25) is 14.4 Å². The highest BCUT2D eigenvalue weighted by Gasteiger charge is 2.68. The van der Waals surface area contributed by atoms with E-state index in [1.165, 1.54) is 20.8 Å². The van der Waals surface area contributed by atoms with Crippen LogP contribution in [0, 0.1) is 0 Å². The van der Waals surface area contributed by atoms with Crippen molar-refractivity contribution in [2.75, 3.05) is 192 Å². The Morgan fingerprint density at radius 3 is 1.06 bits per heavy atom. The molecule has 8 aliphatic rings. The summed E-state index contributed by atoms with van der Waals surface area (Å²) in [5.41, 5.74) is -3.56. The van der Waals surface area contributed by atoms with E-state index in [9.17, 15) is 24.3 Å². The molecule has 0 aliphatic carbocycles. The van der Waals surface area contributed by atoms with Gasteiger partial charge in [-0.2, -0.15) is 0 Å². The maximum atomic E-state index is 13.8. The summed E-state index contributed by atoms with van der Waals surface area (Å²) in [7, 11) is 0. The zero-order valence-corrected chi connectivity index (χ0v) is 73.0. The zero-order valence-electron chi connectivity index (χ0n) is 73.0. The van der Waals surface area contributed by atoms with E-state index in [1.807, 2.05) is 27.7 Å². The van der Waals surface area contributed by atoms with E-state index in [0.717, 1.165) is 0 Å². The van der Waals surface area contributed by atoms with Gasteiger partial charge in [0, 0.05) is 20.8 Å². The Morgan fingerprint density at radius 2 is 0.715 bits per heavy atom. The number of aliphatic hydroxyl groups is 1. The normalized spacial score (nSPS) is 28.3. The van der Waals surface area contributed by atoms with Crippen molar-refractivity contribution in [2.45, 2.75) is 248 Å². The van der Waals surface area contributed by atoms with Crippen LogP contribution in [0.3, 0.4) is 0 Å². The summed E-state index contributed by atoms with van der Waals surface area (Å²) in [4.78, 5) is 49.6. The van der Waals surface area contributed by atoms with Crippen molar-refractivity contribution in [3.05, 3.63) is 35.7 Å². The van der Waals surface area contributed by atoms with Crippen molar-refractivity contribution in [2.24, 2.45) is 0 Å². The van der Waals surface area contributed by atoms with Crippen molar-refractivity contribution in [1.82, 2.24) is 66.2 Å². The second-order valence-corrected chi connectivity index (χ2v) is 33.8. The fourth-order valence-electron chi connectivity index (χ4n) is 15.2.